The maximum absolute atomic E-state index is 11.8. The Morgan fingerprint density at radius 2 is 2.07 bits per heavy atom. The Hall–Kier alpha value is -1.52. The maximum Gasteiger partial charge on any atom is 0.409 e. The predicted octanol–water partition coefficient (Wildman–Crippen LogP) is 2.83. The van der Waals surface area contributed by atoms with Crippen LogP contribution in [0.3, 0.4) is 0 Å². The van der Waals surface area contributed by atoms with Gasteiger partial charge in [-0.25, -0.2) is 14.8 Å². The topological polar surface area (TPSA) is 83.8 Å². The highest BCUT2D eigenvalue weighted by Crippen LogP contribution is 2.12. The molecule has 1 amide bonds. The summed E-state index contributed by atoms with van der Waals surface area (Å²) < 4.78 is 7.24. The van der Waals surface area contributed by atoms with E-state index in [0.717, 1.165) is 37.7 Å². The Bertz CT molecular complexity index is 611. The van der Waals surface area contributed by atoms with Gasteiger partial charge in [0.05, 0.1) is 6.61 Å². The van der Waals surface area contributed by atoms with Crippen LogP contribution in [0.2, 0.25) is 0 Å². The summed E-state index contributed by atoms with van der Waals surface area (Å²) in [5.74, 6) is 2.34. The first-order valence-electron chi connectivity index (χ1n) is 10.00. The zero-order valence-electron chi connectivity index (χ0n) is 17.5. The molecule has 2 N–H and O–H groups in total. The molecular formula is C19H35IN6O2. The number of imidazole rings is 1. The number of aromatic nitrogens is 2. The van der Waals surface area contributed by atoms with Crippen LogP contribution < -0.4 is 10.6 Å². The van der Waals surface area contributed by atoms with Gasteiger partial charge in [0.2, 0.25) is 0 Å². The summed E-state index contributed by atoms with van der Waals surface area (Å²) in [6.45, 7) is 12.4. The van der Waals surface area contributed by atoms with Crippen molar-refractivity contribution in [2.75, 3.05) is 26.2 Å². The quantitative estimate of drug-likeness (QED) is 0.338. The van der Waals surface area contributed by atoms with E-state index in [2.05, 4.69) is 41.0 Å². The smallest absolute Gasteiger partial charge is 0.409 e. The van der Waals surface area contributed by atoms with Crippen molar-refractivity contribution in [3.8, 4) is 0 Å². The summed E-state index contributed by atoms with van der Waals surface area (Å²) in [6, 6.07) is 0.295. The number of carbonyl (C=O) groups is 1. The van der Waals surface area contributed by atoms with Crippen molar-refractivity contribution in [2.24, 2.45) is 10.9 Å². The molecule has 1 aromatic rings. The molecule has 0 radical (unpaired) electrons. The fraction of sp³-hybridized carbons (Fsp3) is 0.737. The Kier molecular flexibility index (Phi) is 11.2. The van der Waals surface area contributed by atoms with Gasteiger partial charge in [-0.2, -0.15) is 0 Å². The highest BCUT2D eigenvalue weighted by atomic mass is 127. The highest BCUT2D eigenvalue weighted by Gasteiger charge is 2.24. The molecule has 2 heterocycles. The van der Waals surface area contributed by atoms with Gasteiger partial charge in [0, 0.05) is 44.6 Å². The molecular weight excluding hydrogens is 471 g/mol. The second-order valence-corrected chi connectivity index (χ2v) is 7.19. The fourth-order valence-corrected chi connectivity index (χ4v) is 3.14. The first-order valence-corrected chi connectivity index (χ1v) is 10.00. The highest BCUT2D eigenvalue weighted by molar-refractivity contribution is 14.0. The average molecular weight is 506 g/mol. The number of guanidine groups is 1. The second-order valence-electron chi connectivity index (χ2n) is 7.19. The van der Waals surface area contributed by atoms with Gasteiger partial charge in [0.15, 0.2) is 5.96 Å². The third kappa shape index (κ3) is 7.84. The van der Waals surface area contributed by atoms with E-state index in [4.69, 9.17) is 9.73 Å². The molecule has 1 fully saturated rings. The molecule has 28 heavy (non-hydrogen) atoms. The van der Waals surface area contributed by atoms with Crippen molar-refractivity contribution < 1.29 is 9.53 Å². The van der Waals surface area contributed by atoms with Gasteiger partial charge < -0.3 is 24.8 Å². The summed E-state index contributed by atoms with van der Waals surface area (Å²) >= 11 is 0. The number of likely N-dealkylation sites (tertiary alicyclic amines) is 1. The first kappa shape index (κ1) is 24.5. The molecule has 1 saturated heterocycles. The molecule has 0 saturated carbocycles. The van der Waals surface area contributed by atoms with E-state index >= 15 is 0 Å². The van der Waals surface area contributed by atoms with Gasteiger partial charge >= 0.3 is 6.09 Å². The van der Waals surface area contributed by atoms with Crippen LogP contribution in [0.5, 0.6) is 0 Å². The first-order chi connectivity index (χ1) is 13.0. The molecule has 1 aromatic heterocycles. The lowest BCUT2D eigenvalue weighted by Crippen LogP contribution is -2.49. The molecule has 160 valence electrons. The third-order valence-corrected chi connectivity index (χ3v) is 4.45. The Morgan fingerprint density at radius 1 is 1.36 bits per heavy atom. The monoisotopic (exact) mass is 506 g/mol. The molecule has 9 heteroatoms. The maximum atomic E-state index is 11.8. The summed E-state index contributed by atoms with van der Waals surface area (Å²) in [4.78, 5) is 22.7. The largest absolute Gasteiger partial charge is 0.450 e. The molecule has 0 unspecified atom stereocenters. The molecule has 8 nitrogen and oxygen atoms in total. The lowest BCUT2D eigenvalue weighted by atomic mass is 10.1. The predicted molar refractivity (Wildman–Crippen MR) is 122 cm³/mol. The lowest BCUT2D eigenvalue weighted by molar-refractivity contribution is 0.0963. The van der Waals surface area contributed by atoms with Crippen LogP contribution in [0.1, 0.15) is 46.4 Å². The fourth-order valence-electron chi connectivity index (χ4n) is 3.14. The van der Waals surface area contributed by atoms with Crippen LogP contribution in [0.15, 0.2) is 17.4 Å². The van der Waals surface area contributed by atoms with Crippen LogP contribution in [-0.2, 0) is 17.8 Å². The van der Waals surface area contributed by atoms with E-state index in [1.165, 1.54) is 0 Å². The van der Waals surface area contributed by atoms with Crippen molar-refractivity contribution in [2.45, 2.75) is 59.7 Å². The van der Waals surface area contributed by atoms with E-state index < -0.39 is 0 Å². The minimum atomic E-state index is -0.214. The normalized spacial score (nSPS) is 15.3. The molecule has 1 aliphatic rings. The van der Waals surface area contributed by atoms with Gasteiger partial charge in [-0.3, -0.25) is 0 Å². The molecule has 1 aliphatic heterocycles. The Balaban J connectivity index is 0.00000392. The number of hydrogen-bond acceptors (Lipinski definition) is 4. The molecule has 0 spiro atoms. The van der Waals surface area contributed by atoms with Crippen molar-refractivity contribution in [1.29, 1.82) is 0 Å². The third-order valence-electron chi connectivity index (χ3n) is 4.45. The Morgan fingerprint density at radius 3 is 2.68 bits per heavy atom. The standard InChI is InChI=1S/C19H34N6O2.HI/c1-5-20-18(22-13-17-21-9-12-25(17)14-15(3)4)23-16-7-10-24(11-8-16)19(26)27-6-2;/h9,12,15-16H,5-8,10-11,13-14H2,1-4H3,(H2,20,22,23);1H. The van der Waals surface area contributed by atoms with Crippen LogP contribution in [-0.4, -0.2) is 58.8 Å². The molecule has 2 rings (SSSR count). The minimum Gasteiger partial charge on any atom is -0.450 e. The molecule has 0 aromatic carbocycles. The van der Waals surface area contributed by atoms with Gasteiger partial charge in [-0.1, -0.05) is 13.8 Å². The van der Waals surface area contributed by atoms with Crippen LogP contribution in [0.25, 0.3) is 0 Å². The van der Waals surface area contributed by atoms with Crippen LogP contribution >= 0.6 is 24.0 Å². The van der Waals surface area contributed by atoms with Gasteiger partial charge in [0.25, 0.3) is 0 Å². The zero-order valence-corrected chi connectivity index (χ0v) is 19.8. The number of aliphatic imine (C=N–C) groups is 1. The zero-order chi connectivity index (χ0) is 19.6. The minimum absolute atomic E-state index is 0. The van der Waals surface area contributed by atoms with Crippen LogP contribution in [0, 0.1) is 5.92 Å². The molecule has 0 atom stereocenters. The second kappa shape index (κ2) is 12.8. The number of rotatable bonds is 7. The van der Waals surface area contributed by atoms with Crippen molar-refractivity contribution in [1.82, 2.24) is 25.1 Å². The number of nitrogens with zero attached hydrogens (tertiary/aromatic N) is 4. The van der Waals surface area contributed by atoms with Crippen molar-refractivity contribution in [3.05, 3.63) is 18.2 Å². The van der Waals surface area contributed by atoms with E-state index in [1.807, 2.05) is 19.3 Å². The molecule has 0 aliphatic carbocycles. The number of ether oxygens (including phenoxy) is 1. The summed E-state index contributed by atoms with van der Waals surface area (Å²) in [5, 5.41) is 6.80. The van der Waals surface area contributed by atoms with Crippen LogP contribution in [0.4, 0.5) is 4.79 Å². The number of amides is 1. The van der Waals surface area contributed by atoms with Gasteiger partial charge in [0.1, 0.15) is 12.4 Å². The number of nitrogens with one attached hydrogen (secondary N) is 2. The Labute approximate surface area is 185 Å². The molecule has 0 bridgehead atoms. The number of piperidine rings is 1. The van der Waals surface area contributed by atoms with E-state index in [-0.39, 0.29) is 30.1 Å². The number of hydrogen-bond donors (Lipinski definition) is 2. The van der Waals surface area contributed by atoms with E-state index in [9.17, 15) is 4.79 Å². The van der Waals surface area contributed by atoms with Gasteiger partial charge in [-0.05, 0) is 32.6 Å². The number of carbonyl (C=O) groups excluding carboxylic acids is 1. The summed E-state index contributed by atoms with van der Waals surface area (Å²) in [5.41, 5.74) is 0. The van der Waals surface area contributed by atoms with Gasteiger partial charge in [-0.15, -0.1) is 24.0 Å². The average Bonchev–Trinajstić information content (AvgIpc) is 3.07. The lowest BCUT2D eigenvalue weighted by Gasteiger charge is -2.32. The van der Waals surface area contributed by atoms with Crippen molar-refractivity contribution in [3.63, 3.8) is 0 Å². The summed E-state index contributed by atoms with van der Waals surface area (Å²) in [6.07, 6.45) is 5.39. The van der Waals surface area contributed by atoms with E-state index in [0.29, 0.717) is 38.2 Å². The van der Waals surface area contributed by atoms with Crippen molar-refractivity contribution >= 4 is 36.0 Å². The summed E-state index contributed by atoms with van der Waals surface area (Å²) in [7, 11) is 0. The number of halogens is 1. The SMILES string of the molecule is CCNC(=NCc1nccn1CC(C)C)NC1CCN(C(=O)OCC)CC1.I. The van der Waals surface area contributed by atoms with E-state index in [1.54, 1.807) is 4.90 Å².